The molecular weight excluding hydrogens is 324 g/mol. The maximum Gasteiger partial charge on any atom is 0.138 e. The van der Waals surface area contributed by atoms with Crippen LogP contribution in [0.25, 0.3) is 22.4 Å². The van der Waals surface area contributed by atoms with Crippen molar-refractivity contribution < 1.29 is 0 Å². The molecule has 2 aromatic carbocycles. The predicted octanol–water partition coefficient (Wildman–Crippen LogP) is 5.21. The highest BCUT2D eigenvalue weighted by Crippen LogP contribution is 2.29. The summed E-state index contributed by atoms with van der Waals surface area (Å²) in [6, 6.07) is 12.3. The number of aromatic amines is 1. The van der Waals surface area contributed by atoms with Crippen molar-refractivity contribution in [3.8, 4) is 11.4 Å². The number of nitrogens with zero attached hydrogens (tertiary/aromatic N) is 1. The molecule has 0 amide bonds. The van der Waals surface area contributed by atoms with E-state index in [4.69, 9.17) is 11.6 Å². The number of benzene rings is 2. The van der Waals surface area contributed by atoms with E-state index in [1.54, 1.807) is 0 Å². The summed E-state index contributed by atoms with van der Waals surface area (Å²) in [6.45, 7) is 2.15. The molecule has 3 rings (SSSR count). The average molecular weight is 336 g/mol. The molecule has 96 valence electrons. The molecule has 0 aliphatic heterocycles. The molecule has 0 aliphatic rings. The summed E-state index contributed by atoms with van der Waals surface area (Å²) in [7, 11) is 0. The number of hydrogen-bond acceptors (Lipinski definition) is 1. The van der Waals surface area contributed by atoms with Crippen LogP contribution in [0.3, 0.4) is 0 Å². The zero-order valence-electron chi connectivity index (χ0n) is 10.4. The number of H-pyrrole nitrogens is 1. The summed E-state index contributed by atoms with van der Waals surface area (Å²) in [5.74, 6) is 0.845. The van der Waals surface area contributed by atoms with Crippen molar-refractivity contribution in [1.82, 2.24) is 9.97 Å². The minimum Gasteiger partial charge on any atom is -0.338 e. The van der Waals surface area contributed by atoms with E-state index in [0.29, 0.717) is 5.02 Å². The fraction of sp³-hybridized carbons (Fsp3) is 0.133. The third kappa shape index (κ3) is 2.40. The van der Waals surface area contributed by atoms with Crippen LogP contribution in [0.1, 0.15) is 12.5 Å². The van der Waals surface area contributed by atoms with Crippen molar-refractivity contribution in [3.05, 3.63) is 51.5 Å². The molecule has 0 spiro atoms. The number of rotatable bonds is 2. The topological polar surface area (TPSA) is 28.7 Å². The van der Waals surface area contributed by atoms with Gasteiger partial charge in [0.25, 0.3) is 0 Å². The summed E-state index contributed by atoms with van der Waals surface area (Å²) in [5, 5.41) is 0.650. The number of fused-ring (bicyclic) bond motifs is 1. The second-order valence-corrected chi connectivity index (χ2v) is 5.74. The maximum absolute atomic E-state index is 6.20. The Kier molecular flexibility index (Phi) is 3.33. The zero-order chi connectivity index (χ0) is 13.4. The maximum atomic E-state index is 6.20. The molecule has 0 saturated heterocycles. The number of hydrogen-bond donors (Lipinski definition) is 1. The van der Waals surface area contributed by atoms with Crippen molar-refractivity contribution >= 4 is 38.6 Å². The lowest BCUT2D eigenvalue weighted by Gasteiger charge is -1.98. The molecule has 4 heteroatoms. The molecule has 1 heterocycles. The quantitative estimate of drug-likeness (QED) is 0.684. The van der Waals surface area contributed by atoms with Gasteiger partial charge in [-0.25, -0.2) is 4.98 Å². The van der Waals surface area contributed by atoms with E-state index in [1.165, 1.54) is 5.56 Å². The fourth-order valence-electron chi connectivity index (χ4n) is 2.08. The first-order chi connectivity index (χ1) is 9.17. The fourth-order valence-corrected chi connectivity index (χ4v) is 2.93. The molecule has 1 N–H and O–H groups in total. The molecule has 19 heavy (non-hydrogen) atoms. The lowest BCUT2D eigenvalue weighted by Crippen LogP contribution is -1.82. The first kappa shape index (κ1) is 12.7. The first-order valence-corrected chi connectivity index (χ1v) is 7.28. The summed E-state index contributed by atoms with van der Waals surface area (Å²) >= 11 is 9.63. The molecule has 0 saturated carbocycles. The number of nitrogens with one attached hydrogen (secondary N) is 1. The molecule has 0 bridgehead atoms. The Balaban J connectivity index is 2.12. The van der Waals surface area contributed by atoms with Gasteiger partial charge in [0, 0.05) is 10.0 Å². The number of imidazole rings is 1. The van der Waals surface area contributed by atoms with Gasteiger partial charge in [-0.05, 0) is 24.1 Å². The van der Waals surface area contributed by atoms with Gasteiger partial charge in [0.1, 0.15) is 11.3 Å². The third-order valence-corrected chi connectivity index (χ3v) is 3.89. The van der Waals surface area contributed by atoms with Crippen LogP contribution in [0.5, 0.6) is 0 Å². The number of halogens is 2. The van der Waals surface area contributed by atoms with Gasteiger partial charge in [0.15, 0.2) is 0 Å². The van der Waals surface area contributed by atoms with Crippen LogP contribution in [-0.2, 0) is 6.42 Å². The van der Waals surface area contributed by atoms with Gasteiger partial charge in [-0.2, -0.15) is 0 Å². The Morgan fingerprint density at radius 3 is 2.63 bits per heavy atom. The van der Waals surface area contributed by atoms with Crippen LogP contribution in [0.2, 0.25) is 5.02 Å². The SMILES string of the molecule is CCc1ccc(-c2nc3c(Cl)cc(Br)cc3[nH]2)cc1. The Bertz CT molecular complexity index is 732. The average Bonchev–Trinajstić information content (AvgIpc) is 2.83. The summed E-state index contributed by atoms with van der Waals surface area (Å²) in [6.07, 6.45) is 1.04. The van der Waals surface area contributed by atoms with Gasteiger partial charge in [0.05, 0.1) is 10.5 Å². The minimum absolute atomic E-state index is 0.650. The van der Waals surface area contributed by atoms with Gasteiger partial charge in [-0.1, -0.05) is 58.7 Å². The van der Waals surface area contributed by atoms with Gasteiger partial charge < -0.3 is 4.98 Å². The van der Waals surface area contributed by atoms with E-state index in [0.717, 1.165) is 33.3 Å². The highest BCUT2D eigenvalue weighted by Gasteiger charge is 2.09. The van der Waals surface area contributed by atoms with Gasteiger partial charge in [0.2, 0.25) is 0 Å². The molecule has 0 radical (unpaired) electrons. The number of aryl methyl sites for hydroxylation is 1. The Morgan fingerprint density at radius 1 is 1.21 bits per heavy atom. The molecule has 0 fully saturated rings. The van der Waals surface area contributed by atoms with Crippen LogP contribution < -0.4 is 0 Å². The van der Waals surface area contributed by atoms with Crippen LogP contribution >= 0.6 is 27.5 Å². The lowest BCUT2D eigenvalue weighted by atomic mass is 10.1. The van der Waals surface area contributed by atoms with Gasteiger partial charge >= 0.3 is 0 Å². The summed E-state index contributed by atoms with van der Waals surface area (Å²) in [5.41, 5.74) is 4.13. The molecule has 0 aliphatic carbocycles. The normalized spacial score (nSPS) is 11.1. The van der Waals surface area contributed by atoms with Crippen LogP contribution in [0.4, 0.5) is 0 Å². The van der Waals surface area contributed by atoms with Gasteiger partial charge in [-0.3, -0.25) is 0 Å². The third-order valence-electron chi connectivity index (χ3n) is 3.14. The van der Waals surface area contributed by atoms with E-state index in [-0.39, 0.29) is 0 Å². The highest BCUT2D eigenvalue weighted by atomic mass is 79.9. The van der Waals surface area contributed by atoms with Crippen LogP contribution in [0, 0.1) is 0 Å². The molecule has 0 atom stereocenters. The summed E-state index contributed by atoms with van der Waals surface area (Å²) in [4.78, 5) is 7.88. The van der Waals surface area contributed by atoms with Crippen LogP contribution in [0.15, 0.2) is 40.9 Å². The van der Waals surface area contributed by atoms with Crippen molar-refractivity contribution in [2.24, 2.45) is 0 Å². The van der Waals surface area contributed by atoms with E-state index >= 15 is 0 Å². The Morgan fingerprint density at radius 2 is 1.95 bits per heavy atom. The smallest absolute Gasteiger partial charge is 0.138 e. The van der Waals surface area contributed by atoms with Crippen molar-refractivity contribution in [2.75, 3.05) is 0 Å². The first-order valence-electron chi connectivity index (χ1n) is 6.11. The minimum atomic E-state index is 0.650. The van der Waals surface area contributed by atoms with Crippen molar-refractivity contribution in [1.29, 1.82) is 0 Å². The van der Waals surface area contributed by atoms with Crippen molar-refractivity contribution in [2.45, 2.75) is 13.3 Å². The second-order valence-electron chi connectivity index (χ2n) is 4.42. The molecule has 0 unspecified atom stereocenters. The van der Waals surface area contributed by atoms with E-state index in [2.05, 4.69) is 57.1 Å². The largest absolute Gasteiger partial charge is 0.338 e. The highest BCUT2D eigenvalue weighted by molar-refractivity contribution is 9.10. The summed E-state index contributed by atoms with van der Waals surface area (Å²) < 4.78 is 0.946. The van der Waals surface area contributed by atoms with Gasteiger partial charge in [-0.15, -0.1) is 0 Å². The monoisotopic (exact) mass is 334 g/mol. The molecular formula is C15H12BrClN2. The van der Waals surface area contributed by atoms with E-state index in [9.17, 15) is 0 Å². The standard InChI is InChI=1S/C15H12BrClN2/c1-2-9-3-5-10(6-4-9)15-18-13-8-11(16)7-12(17)14(13)19-15/h3-8H,2H2,1H3,(H,18,19). The zero-order valence-corrected chi connectivity index (χ0v) is 12.7. The molecule has 3 aromatic rings. The Hall–Kier alpha value is -1.32. The molecule has 2 nitrogen and oxygen atoms in total. The van der Waals surface area contributed by atoms with Crippen molar-refractivity contribution in [3.63, 3.8) is 0 Å². The van der Waals surface area contributed by atoms with E-state index < -0.39 is 0 Å². The Labute approximate surface area is 124 Å². The predicted molar refractivity (Wildman–Crippen MR) is 83.6 cm³/mol. The number of aromatic nitrogens is 2. The second kappa shape index (κ2) is 4.99. The lowest BCUT2D eigenvalue weighted by molar-refractivity contribution is 1.14. The van der Waals surface area contributed by atoms with Crippen LogP contribution in [-0.4, -0.2) is 9.97 Å². The van der Waals surface area contributed by atoms with E-state index in [1.807, 2.05) is 12.1 Å². The molecule has 1 aromatic heterocycles.